The third kappa shape index (κ3) is 3.09. The van der Waals surface area contributed by atoms with E-state index in [4.69, 9.17) is 4.52 Å². The lowest BCUT2D eigenvalue weighted by Crippen LogP contribution is -2.45. The average molecular weight is 274 g/mol. The van der Waals surface area contributed by atoms with E-state index in [1.807, 2.05) is 0 Å². The molecule has 1 aliphatic heterocycles. The van der Waals surface area contributed by atoms with Crippen LogP contribution in [0.15, 0.2) is 10.6 Å². The fraction of sp³-hybridized carbons (Fsp3) is 0.727. The topological polar surface area (TPSA) is 83.6 Å². The lowest BCUT2D eigenvalue weighted by Gasteiger charge is -2.34. The molecule has 1 fully saturated rings. The molecule has 2 heterocycles. The van der Waals surface area contributed by atoms with Gasteiger partial charge in [0.25, 0.3) is 0 Å². The van der Waals surface area contributed by atoms with Gasteiger partial charge in [-0.05, 0) is 26.7 Å². The van der Waals surface area contributed by atoms with Gasteiger partial charge >= 0.3 is 0 Å². The summed E-state index contributed by atoms with van der Waals surface area (Å²) in [5.74, 6) is 0.453. The van der Waals surface area contributed by atoms with Gasteiger partial charge in [-0.3, -0.25) is 0 Å². The quantitative estimate of drug-likeness (QED) is 0.875. The van der Waals surface area contributed by atoms with Crippen LogP contribution in [-0.4, -0.2) is 41.7 Å². The largest absolute Gasteiger partial charge is 0.390 e. The lowest BCUT2D eigenvalue weighted by atomic mass is 9.95. The Morgan fingerprint density at radius 1 is 1.50 bits per heavy atom. The number of rotatable bonds is 3. The summed E-state index contributed by atoms with van der Waals surface area (Å²) in [5.41, 5.74) is -0.332. The predicted molar refractivity (Wildman–Crippen MR) is 65.3 cm³/mol. The van der Waals surface area contributed by atoms with E-state index >= 15 is 0 Å². The van der Waals surface area contributed by atoms with E-state index in [0.29, 0.717) is 37.4 Å². The molecule has 0 radical (unpaired) electrons. The highest BCUT2D eigenvalue weighted by Crippen LogP contribution is 2.24. The molecule has 0 unspecified atom stereocenters. The van der Waals surface area contributed by atoms with Crippen LogP contribution in [0.25, 0.3) is 0 Å². The van der Waals surface area contributed by atoms with Gasteiger partial charge in [0.2, 0.25) is 10.0 Å². The van der Waals surface area contributed by atoms with Gasteiger partial charge in [0, 0.05) is 19.2 Å². The van der Waals surface area contributed by atoms with Gasteiger partial charge in [0.05, 0.1) is 5.60 Å². The number of aryl methyl sites for hydroxylation is 1. The summed E-state index contributed by atoms with van der Waals surface area (Å²) in [7, 11) is -3.37. The summed E-state index contributed by atoms with van der Waals surface area (Å²) in [6.45, 7) is 4.16. The van der Waals surface area contributed by atoms with Crippen molar-refractivity contribution in [3.63, 3.8) is 0 Å². The third-order valence-corrected chi connectivity index (χ3v) is 5.01. The maximum Gasteiger partial charge on any atom is 0.219 e. The zero-order valence-corrected chi connectivity index (χ0v) is 11.4. The summed E-state index contributed by atoms with van der Waals surface area (Å²) in [6.07, 6.45) is 0.925. The Hall–Kier alpha value is -0.920. The maximum atomic E-state index is 12.1. The average Bonchev–Trinajstić information content (AvgIpc) is 2.62. The Balaban J connectivity index is 2.04. The van der Waals surface area contributed by atoms with Crippen molar-refractivity contribution in [1.29, 1.82) is 0 Å². The SMILES string of the molecule is Cc1cc(CS(=O)(=O)N2CCC(C)(O)CC2)no1. The van der Waals surface area contributed by atoms with Crippen LogP contribution >= 0.6 is 0 Å². The minimum atomic E-state index is -3.37. The van der Waals surface area contributed by atoms with E-state index < -0.39 is 15.6 Å². The molecule has 1 aromatic rings. The third-order valence-electron chi connectivity index (χ3n) is 3.20. The van der Waals surface area contributed by atoms with E-state index in [0.717, 1.165) is 0 Å². The molecule has 0 aromatic carbocycles. The van der Waals surface area contributed by atoms with Crippen molar-refractivity contribution in [1.82, 2.24) is 9.46 Å². The zero-order valence-electron chi connectivity index (χ0n) is 10.6. The van der Waals surface area contributed by atoms with Crippen molar-refractivity contribution >= 4 is 10.0 Å². The first-order valence-corrected chi connectivity index (χ1v) is 7.52. The van der Waals surface area contributed by atoms with E-state index in [-0.39, 0.29) is 5.75 Å². The molecule has 0 spiro atoms. The predicted octanol–water partition coefficient (Wildman–Crippen LogP) is 0.660. The van der Waals surface area contributed by atoms with Gasteiger partial charge in [-0.2, -0.15) is 0 Å². The summed E-state index contributed by atoms with van der Waals surface area (Å²) >= 11 is 0. The van der Waals surface area contributed by atoms with Gasteiger partial charge in [0.1, 0.15) is 17.2 Å². The van der Waals surface area contributed by atoms with Crippen molar-refractivity contribution in [2.24, 2.45) is 0 Å². The van der Waals surface area contributed by atoms with Crippen molar-refractivity contribution < 1.29 is 18.0 Å². The number of hydrogen-bond donors (Lipinski definition) is 1. The highest BCUT2D eigenvalue weighted by molar-refractivity contribution is 7.88. The van der Waals surface area contributed by atoms with Crippen LogP contribution in [0.1, 0.15) is 31.2 Å². The fourth-order valence-corrected chi connectivity index (χ4v) is 3.44. The Morgan fingerprint density at radius 2 is 2.11 bits per heavy atom. The molecule has 18 heavy (non-hydrogen) atoms. The first-order chi connectivity index (χ1) is 8.28. The first-order valence-electron chi connectivity index (χ1n) is 5.91. The molecular formula is C11H18N2O4S. The minimum Gasteiger partial charge on any atom is -0.390 e. The molecule has 1 aromatic heterocycles. The molecule has 0 aliphatic carbocycles. The molecule has 1 N–H and O–H groups in total. The van der Waals surface area contributed by atoms with Crippen molar-refractivity contribution in [2.45, 2.75) is 38.0 Å². The van der Waals surface area contributed by atoms with E-state index in [2.05, 4.69) is 5.16 Å². The molecule has 102 valence electrons. The lowest BCUT2D eigenvalue weighted by molar-refractivity contribution is 0.0126. The van der Waals surface area contributed by atoms with Crippen molar-refractivity contribution in [3.8, 4) is 0 Å². The van der Waals surface area contributed by atoms with Crippen LogP contribution in [0.4, 0.5) is 0 Å². The van der Waals surface area contributed by atoms with Crippen molar-refractivity contribution in [3.05, 3.63) is 17.5 Å². The Bertz CT molecular complexity index is 511. The Morgan fingerprint density at radius 3 is 2.61 bits per heavy atom. The molecule has 0 atom stereocenters. The van der Waals surface area contributed by atoms with Crippen LogP contribution in [0.5, 0.6) is 0 Å². The smallest absolute Gasteiger partial charge is 0.219 e. The second-order valence-corrected chi connectivity index (χ2v) is 7.05. The van der Waals surface area contributed by atoms with Gasteiger partial charge < -0.3 is 9.63 Å². The Labute approximate surface area is 107 Å². The number of nitrogens with zero attached hydrogens (tertiary/aromatic N) is 2. The number of sulfonamides is 1. The van der Waals surface area contributed by atoms with Gasteiger partial charge in [0.15, 0.2) is 0 Å². The Kier molecular flexibility index (Phi) is 3.48. The molecule has 0 bridgehead atoms. The minimum absolute atomic E-state index is 0.146. The number of aromatic nitrogens is 1. The molecule has 1 aliphatic rings. The molecule has 7 heteroatoms. The number of hydrogen-bond acceptors (Lipinski definition) is 5. The van der Waals surface area contributed by atoms with Crippen LogP contribution < -0.4 is 0 Å². The monoisotopic (exact) mass is 274 g/mol. The summed E-state index contributed by atoms with van der Waals surface area (Å²) in [5, 5.41) is 13.5. The van der Waals surface area contributed by atoms with Crippen LogP contribution in [0, 0.1) is 6.92 Å². The summed E-state index contributed by atoms with van der Waals surface area (Å²) in [4.78, 5) is 0. The summed E-state index contributed by atoms with van der Waals surface area (Å²) < 4.78 is 30.5. The standard InChI is InChI=1S/C11H18N2O4S/c1-9-7-10(12-17-9)8-18(15,16)13-5-3-11(2,14)4-6-13/h7,14H,3-6,8H2,1-2H3. The van der Waals surface area contributed by atoms with Crippen LogP contribution in [-0.2, 0) is 15.8 Å². The van der Waals surface area contributed by atoms with Gasteiger partial charge in [-0.15, -0.1) is 0 Å². The zero-order chi connectivity index (χ0) is 13.4. The maximum absolute atomic E-state index is 12.1. The second-order valence-electron chi connectivity index (χ2n) is 5.08. The van der Waals surface area contributed by atoms with Crippen LogP contribution in [0.2, 0.25) is 0 Å². The molecule has 2 rings (SSSR count). The molecule has 6 nitrogen and oxygen atoms in total. The van der Waals surface area contributed by atoms with Gasteiger partial charge in [-0.25, -0.2) is 12.7 Å². The van der Waals surface area contributed by atoms with Crippen LogP contribution in [0.3, 0.4) is 0 Å². The van der Waals surface area contributed by atoms with E-state index in [9.17, 15) is 13.5 Å². The number of aliphatic hydroxyl groups is 1. The summed E-state index contributed by atoms with van der Waals surface area (Å²) in [6, 6.07) is 1.62. The highest BCUT2D eigenvalue weighted by Gasteiger charge is 2.33. The highest BCUT2D eigenvalue weighted by atomic mass is 32.2. The molecule has 0 amide bonds. The van der Waals surface area contributed by atoms with Gasteiger partial charge in [-0.1, -0.05) is 5.16 Å². The molecule has 1 saturated heterocycles. The van der Waals surface area contributed by atoms with E-state index in [1.54, 1.807) is 19.9 Å². The van der Waals surface area contributed by atoms with Crippen molar-refractivity contribution in [2.75, 3.05) is 13.1 Å². The molecule has 0 saturated carbocycles. The number of piperidine rings is 1. The fourth-order valence-electron chi connectivity index (χ4n) is 2.01. The first kappa shape index (κ1) is 13.5. The normalized spacial score (nSPS) is 21.1. The molecular weight excluding hydrogens is 256 g/mol. The second kappa shape index (κ2) is 4.64. The van der Waals surface area contributed by atoms with E-state index in [1.165, 1.54) is 4.31 Å².